The number of hydrogen-bond acceptors (Lipinski definition) is 3. The van der Waals surface area contributed by atoms with E-state index in [1.165, 1.54) is 31.4 Å². The molecule has 3 fully saturated rings. The maximum atomic E-state index is 12.4. The van der Waals surface area contributed by atoms with Crippen molar-refractivity contribution >= 4 is 27.3 Å². The Bertz CT molecular complexity index is 660. The third-order valence-electron chi connectivity index (χ3n) is 5.29. The second kappa shape index (κ2) is 4.12. The lowest BCUT2D eigenvalue weighted by atomic mass is 10.0. The van der Waals surface area contributed by atoms with E-state index in [0.29, 0.717) is 16.9 Å². The molecule has 3 aliphatic carbocycles. The number of nitrogen functional groups attached to an aromatic ring is 1. The molecule has 0 saturated heterocycles. The molecule has 1 aromatic carbocycles. The van der Waals surface area contributed by atoms with Gasteiger partial charge in [0.05, 0.1) is 5.69 Å². The quantitative estimate of drug-likeness (QED) is 0.841. The first-order chi connectivity index (χ1) is 9.47. The van der Waals surface area contributed by atoms with Crippen molar-refractivity contribution in [2.24, 2.45) is 23.7 Å². The highest BCUT2D eigenvalue weighted by atomic mass is 35.5. The van der Waals surface area contributed by atoms with Crippen molar-refractivity contribution in [1.82, 2.24) is 4.72 Å². The van der Waals surface area contributed by atoms with Crippen molar-refractivity contribution in [3.8, 4) is 0 Å². The van der Waals surface area contributed by atoms with Crippen LogP contribution in [0.1, 0.15) is 19.3 Å². The Morgan fingerprint density at radius 2 is 1.85 bits per heavy atom. The number of sulfonamides is 1. The molecule has 4 rings (SSSR count). The zero-order chi connectivity index (χ0) is 14.1. The second-order valence-electron chi connectivity index (χ2n) is 6.32. The highest BCUT2D eigenvalue weighted by molar-refractivity contribution is 7.89. The summed E-state index contributed by atoms with van der Waals surface area (Å²) in [6, 6.07) is 4.64. The number of anilines is 1. The zero-order valence-electron chi connectivity index (χ0n) is 10.9. The third-order valence-corrected chi connectivity index (χ3v) is 7.06. The maximum Gasteiger partial charge on any atom is 0.242 e. The maximum absolute atomic E-state index is 12.4. The van der Waals surface area contributed by atoms with E-state index < -0.39 is 10.0 Å². The minimum atomic E-state index is -3.54. The van der Waals surface area contributed by atoms with E-state index in [4.69, 9.17) is 17.3 Å². The molecule has 0 radical (unpaired) electrons. The van der Waals surface area contributed by atoms with Gasteiger partial charge in [0.2, 0.25) is 10.0 Å². The minimum absolute atomic E-state index is 0.126. The lowest BCUT2D eigenvalue weighted by Gasteiger charge is -2.12. The standard InChI is InChI=1S/C14H17ClN2O2S/c15-9-3-4-11(10(16)6-9)20(18,19)17-14-12-7-1-2-8(5-7)13(12)14/h3-4,6-8,12-14,17H,1-2,5,16H2. The van der Waals surface area contributed by atoms with Crippen LogP contribution < -0.4 is 10.5 Å². The first-order valence-corrected chi connectivity index (χ1v) is 8.91. The average Bonchev–Trinajstić information content (AvgIpc) is 2.78. The fourth-order valence-corrected chi connectivity index (χ4v) is 6.09. The Kier molecular flexibility index (Phi) is 2.66. The summed E-state index contributed by atoms with van der Waals surface area (Å²) in [7, 11) is -3.54. The molecular weight excluding hydrogens is 296 g/mol. The summed E-state index contributed by atoms with van der Waals surface area (Å²) in [5.74, 6) is 2.61. The van der Waals surface area contributed by atoms with Crippen LogP contribution in [0.5, 0.6) is 0 Å². The van der Waals surface area contributed by atoms with Crippen molar-refractivity contribution in [2.45, 2.75) is 30.2 Å². The molecule has 0 amide bonds. The molecule has 1 aromatic rings. The van der Waals surface area contributed by atoms with Gasteiger partial charge >= 0.3 is 0 Å². The third kappa shape index (κ3) is 1.80. The molecule has 2 bridgehead atoms. The van der Waals surface area contributed by atoms with Gasteiger partial charge in [0.15, 0.2) is 0 Å². The Morgan fingerprint density at radius 1 is 1.20 bits per heavy atom. The van der Waals surface area contributed by atoms with Gasteiger partial charge in [-0.3, -0.25) is 0 Å². The number of nitrogens with one attached hydrogen (secondary N) is 1. The van der Waals surface area contributed by atoms with Crippen molar-refractivity contribution < 1.29 is 8.42 Å². The SMILES string of the molecule is Nc1cc(Cl)ccc1S(=O)(=O)NC1C2C3CCC(C3)C12. The Labute approximate surface area is 123 Å². The summed E-state index contributed by atoms with van der Waals surface area (Å²) in [6.07, 6.45) is 3.84. The summed E-state index contributed by atoms with van der Waals surface area (Å²) in [4.78, 5) is 0.138. The number of halogens is 1. The van der Waals surface area contributed by atoms with Gasteiger partial charge in [-0.15, -0.1) is 0 Å². The van der Waals surface area contributed by atoms with E-state index in [9.17, 15) is 8.42 Å². The van der Waals surface area contributed by atoms with Gasteiger partial charge in [-0.05, 0) is 61.1 Å². The molecular formula is C14H17ClN2O2S. The van der Waals surface area contributed by atoms with E-state index in [0.717, 1.165) is 11.8 Å². The van der Waals surface area contributed by atoms with Crippen LogP contribution in [-0.4, -0.2) is 14.5 Å². The Hall–Kier alpha value is -0.780. The molecule has 3 aliphatic rings. The second-order valence-corrected chi connectivity index (χ2v) is 8.44. The van der Waals surface area contributed by atoms with E-state index in [1.807, 2.05) is 0 Å². The monoisotopic (exact) mass is 312 g/mol. The van der Waals surface area contributed by atoms with E-state index >= 15 is 0 Å². The molecule has 108 valence electrons. The van der Waals surface area contributed by atoms with E-state index in [2.05, 4.69) is 4.72 Å². The van der Waals surface area contributed by atoms with Gasteiger partial charge in [0.1, 0.15) is 4.90 Å². The molecule has 3 N–H and O–H groups in total. The van der Waals surface area contributed by atoms with Gasteiger partial charge in [0, 0.05) is 11.1 Å². The summed E-state index contributed by atoms with van der Waals surface area (Å²) in [5.41, 5.74) is 5.99. The lowest BCUT2D eigenvalue weighted by Crippen LogP contribution is -2.30. The molecule has 0 aromatic heterocycles. The molecule has 0 heterocycles. The van der Waals surface area contributed by atoms with Crippen molar-refractivity contribution in [3.63, 3.8) is 0 Å². The van der Waals surface area contributed by atoms with Crippen LogP contribution in [0.4, 0.5) is 5.69 Å². The van der Waals surface area contributed by atoms with Gasteiger partial charge in [-0.1, -0.05) is 11.6 Å². The number of rotatable bonds is 3. The normalized spacial score (nSPS) is 38.0. The molecule has 4 nitrogen and oxygen atoms in total. The molecule has 0 aliphatic heterocycles. The molecule has 4 atom stereocenters. The smallest absolute Gasteiger partial charge is 0.242 e. The van der Waals surface area contributed by atoms with Gasteiger partial charge in [-0.2, -0.15) is 0 Å². The predicted octanol–water partition coefficient (Wildman–Crippen LogP) is 2.25. The minimum Gasteiger partial charge on any atom is -0.398 e. The first kappa shape index (κ1) is 12.9. The summed E-state index contributed by atoms with van der Waals surface area (Å²) < 4.78 is 27.7. The molecule has 4 unspecified atom stereocenters. The number of hydrogen-bond donors (Lipinski definition) is 2. The molecule has 3 saturated carbocycles. The molecule has 20 heavy (non-hydrogen) atoms. The van der Waals surface area contributed by atoms with Crippen LogP contribution in [0.2, 0.25) is 5.02 Å². The summed E-state index contributed by atoms with van der Waals surface area (Å²) >= 11 is 5.81. The summed E-state index contributed by atoms with van der Waals surface area (Å²) in [6.45, 7) is 0. The molecule has 6 heteroatoms. The largest absolute Gasteiger partial charge is 0.398 e. The van der Waals surface area contributed by atoms with Crippen LogP contribution in [0.25, 0.3) is 0 Å². The molecule has 0 spiro atoms. The Balaban J connectivity index is 1.57. The van der Waals surface area contributed by atoms with Crippen molar-refractivity contribution in [1.29, 1.82) is 0 Å². The highest BCUT2D eigenvalue weighted by Crippen LogP contribution is 2.65. The number of benzene rings is 1. The number of nitrogens with two attached hydrogens (primary N) is 1. The first-order valence-electron chi connectivity index (χ1n) is 7.05. The van der Waals surface area contributed by atoms with Crippen LogP contribution in [-0.2, 0) is 10.0 Å². The van der Waals surface area contributed by atoms with Crippen molar-refractivity contribution in [2.75, 3.05) is 5.73 Å². The van der Waals surface area contributed by atoms with Crippen LogP contribution in [0.3, 0.4) is 0 Å². The van der Waals surface area contributed by atoms with E-state index in [1.54, 1.807) is 6.07 Å². The van der Waals surface area contributed by atoms with Gasteiger partial charge < -0.3 is 5.73 Å². The van der Waals surface area contributed by atoms with Crippen LogP contribution in [0, 0.1) is 23.7 Å². The summed E-state index contributed by atoms with van der Waals surface area (Å²) in [5, 5.41) is 0.447. The van der Waals surface area contributed by atoms with Crippen LogP contribution in [0.15, 0.2) is 23.1 Å². The topological polar surface area (TPSA) is 72.2 Å². The lowest BCUT2D eigenvalue weighted by molar-refractivity contribution is 0.456. The van der Waals surface area contributed by atoms with Crippen LogP contribution >= 0.6 is 11.6 Å². The zero-order valence-corrected chi connectivity index (χ0v) is 12.5. The van der Waals surface area contributed by atoms with E-state index in [-0.39, 0.29) is 16.6 Å². The highest BCUT2D eigenvalue weighted by Gasteiger charge is 2.65. The van der Waals surface area contributed by atoms with Crippen molar-refractivity contribution in [3.05, 3.63) is 23.2 Å². The predicted molar refractivity (Wildman–Crippen MR) is 77.8 cm³/mol. The number of fused-ring (bicyclic) bond motifs is 5. The van der Waals surface area contributed by atoms with Gasteiger partial charge in [-0.25, -0.2) is 13.1 Å². The average molecular weight is 313 g/mol. The Morgan fingerprint density at radius 3 is 2.45 bits per heavy atom. The van der Waals surface area contributed by atoms with Gasteiger partial charge in [0.25, 0.3) is 0 Å². The fourth-order valence-electron chi connectivity index (χ4n) is 4.49. The fraction of sp³-hybridized carbons (Fsp3) is 0.571.